The van der Waals surface area contributed by atoms with Crippen molar-refractivity contribution in [3.8, 4) is 0 Å². The quantitative estimate of drug-likeness (QED) is 0.543. The molecule has 0 saturated carbocycles. The highest BCUT2D eigenvalue weighted by Crippen LogP contribution is 2.03. The summed E-state index contributed by atoms with van der Waals surface area (Å²) >= 11 is 0. The first kappa shape index (κ1) is 14.0. The highest BCUT2D eigenvalue weighted by atomic mass is 35.5. The lowest BCUT2D eigenvalue weighted by molar-refractivity contribution is -0.134. The van der Waals surface area contributed by atoms with E-state index in [1.807, 2.05) is 13.8 Å². The largest absolute Gasteiger partial charge is 0.466 e. The Morgan fingerprint density at radius 1 is 1.58 bits per heavy atom. The molecule has 2 N–H and O–H groups in total. The van der Waals surface area contributed by atoms with Crippen LogP contribution < -0.4 is 5.73 Å². The molecule has 0 saturated heterocycles. The van der Waals surface area contributed by atoms with Gasteiger partial charge in [0.2, 0.25) is 0 Å². The van der Waals surface area contributed by atoms with Crippen LogP contribution in [0.2, 0.25) is 0 Å². The molecule has 12 heavy (non-hydrogen) atoms. The molecule has 0 unspecified atom stereocenters. The Morgan fingerprint density at radius 2 is 2.08 bits per heavy atom. The second-order valence-electron chi connectivity index (χ2n) is 3.12. The van der Waals surface area contributed by atoms with E-state index in [1.165, 1.54) is 13.2 Å². The molecule has 0 spiro atoms. The lowest BCUT2D eigenvalue weighted by Crippen LogP contribution is -2.30. The molecule has 72 valence electrons. The van der Waals surface area contributed by atoms with Gasteiger partial charge in [-0.25, -0.2) is 4.79 Å². The van der Waals surface area contributed by atoms with Gasteiger partial charge < -0.3 is 10.5 Å². The van der Waals surface area contributed by atoms with Crippen LogP contribution in [0.4, 0.5) is 0 Å². The van der Waals surface area contributed by atoms with Gasteiger partial charge in [-0.2, -0.15) is 0 Å². The van der Waals surface area contributed by atoms with Gasteiger partial charge >= 0.3 is 5.97 Å². The van der Waals surface area contributed by atoms with E-state index in [2.05, 4.69) is 4.74 Å². The van der Waals surface area contributed by atoms with Crippen molar-refractivity contribution in [2.24, 2.45) is 5.73 Å². The summed E-state index contributed by atoms with van der Waals surface area (Å²) in [5.41, 5.74) is 5.40. The van der Waals surface area contributed by atoms with E-state index >= 15 is 0 Å². The van der Waals surface area contributed by atoms with Crippen LogP contribution in [0, 0.1) is 0 Å². The fourth-order valence-electron chi connectivity index (χ4n) is 0.527. The van der Waals surface area contributed by atoms with E-state index in [1.54, 1.807) is 6.08 Å². The Hall–Kier alpha value is -0.540. The average Bonchev–Trinajstić information content (AvgIpc) is 1.85. The first-order valence-corrected chi connectivity index (χ1v) is 3.49. The van der Waals surface area contributed by atoms with Crippen molar-refractivity contribution in [1.29, 1.82) is 0 Å². The van der Waals surface area contributed by atoms with Crippen LogP contribution in [0.3, 0.4) is 0 Å². The molecule has 0 aliphatic rings. The van der Waals surface area contributed by atoms with Gasteiger partial charge in [-0.05, 0) is 20.3 Å². The standard InChI is InChI=1S/C8H15NO2.ClH/c1-8(2,9)6-4-5-7(10)11-3;/h4-5H,6,9H2,1-3H3;1H/b5-4+;. The lowest BCUT2D eigenvalue weighted by Gasteiger charge is -2.14. The van der Waals surface area contributed by atoms with Crippen LogP contribution in [0.1, 0.15) is 20.3 Å². The summed E-state index contributed by atoms with van der Waals surface area (Å²) in [7, 11) is 1.35. The highest BCUT2D eigenvalue weighted by Gasteiger charge is 2.06. The van der Waals surface area contributed by atoms with Gasteiger partial charge in [0.15, 0.2) is 0 Å². The molecule has 0 aliphatic heterocycles. The minimum atomic E-state index is -0.339. The maximum absolute atomic E-state index is 10.5. The molecule has 0 aliphatic carbocycles. The van der Waals surface area contributed by atoms with Crippen LogP contribution >= 0.6 is 12.4 Å². The predicted molar refractivity (Wildman–Crippen MR) is 51.3 cm³/mol. The van der Waals surface area contributed by atoms with Gasteiger partial charge in [0.25, 0.3) is 0 Å². The van der Waals surface area contributed by atoms with Crippen LogP contribution in [-0.4, -0.2) is 18.6 Å². The third-order valence-electron chi connectivity index (χ3n) is 1.10. The number of hydrogen-bond acceptors (Lipinski definition) is 3. The predicted octanol–water partition coefficient (Wildman–Crippen LogP) is 1.26. The Kier molecular flexibility index (Phi) is 7.04. The van der Waals surface area contributed by atoms with Gasteiger partial charge in [0, 0.05) is 11.6 Å². The number of ether oxygens (including phenoxy) is 1. The van der Waals surface area contributed by atoms with E-state index in [9.17, 15) is 4.79 Å². The Balaban J connectivity index is 0. The summed E-state index contributed by atoms with van der Waals surface area (Å²) in [6, 6.07) is 0. The summed E-state index contributed by atoms with van der Waals surface area (Å²) in [6.45, 7) is 3.79. The van der Waals surface area contributed by atoms with Crippen molar-refractivity contribution in [1.82, 2.24) is 0 Å². The maximum atomic E-state index is 10.5. The van der Waals surface area contributed by atoms with Crippen molar-refractivity contribution >= 4 is 18.4 Å². The van der Waals surface area contributed by atoms with E-state index in [0.717, 1.165) is 0 Å². The van der Waals surface area contributed by atoms with Crippen LogP contribution in [0.25, 0.3) is 0 Å². The molecule has 0 aromatic carbocycles. The lowest BCUT2D eigenvalue weighted by atomic mass is 10.0. The number of carbonyl (C=O) groups is 1. The van der Waals surface area contributed by atoms with Crippen molar-refractivity contribution in [2.75, 3.05) is 7.11 Å². The number of hydrogen-bond donors (Lipinski definition) is 1. The molecule has 0 heterocycles. The molecular weight excluding hydrogens is 178 g/mol. The number of methoxy groups -OCH3 is 1. The molecule has 0 atom stereocenters. The molecule has 0 radical (unpaired) electrons. The molecule has 0 fully saturated rings. The molecule has 0 aromatic heterocycles. The van der Waals surface area contributed by atoms with E-state index in [0.29, 0.717) is 6.42 Å². The molecule has 3 nitrogen and oxygen atoms in total. The van der Waals surface area contributed by atoms with Crippen LogP contribution in [-0.2, 0) is 9.53 Å². The van der Waals surface area contributed by atoms with E-state index in [4.69, 9.17) is 5.73 Å². The number of halogens is 1. The second-order valence-corrected chi connectivity index (χ2v) is 3.12. The Bertz CT molecular complexity index is 161. The average molecular weight is 194 g/mol. The van der Waals surface area contributed by atoms with Crippen LogP contribution in [0.15, 0.2) is 12.2 Å². The van der Waals surface area contributed by atoms with Gasteiger partial charge in [-0.1, -0.05) is 6.08 Å². The highest BCUT2D eigenvalue weighted by molar-refractivity contribution is 5.85. The summed E-state index contributed by atoms with van der Waals surface area (Å²) in [5, 5.41) is 0. The normalized spacial score (nSPS) is 11.0. The van der Waals surface area contributed by atoms with Crippen molar-refractivity contribution < 1.29 is 9.53 Å². The summed E-state index contributed by atoms with van der Waals surface area (Å²) in [4.78, 5) is 10.5. The Morgan fingerprint density at radius 3 is 2.42 bits per heavy atom. The molecule has 0 bridgehead atoms. The SMILES string of the molecule is COC(=O)/C=C/CC(C)(C)N.Cl. The van der Waals surface area contributed by atoms with E-state index in [-0.39, 0.29) is 23.9 Å². The number of nitrogens with two attached hydrogens (primary N) is 1. The fourth-order valence-corrected chi connectivity index (χ4v) is 0.527. The van der Waals surface area contributed by atoms with Crippen molar-refractivity contribution in [3.63, 3.8) is 0 Å². The monoisotopic (exact) mass is 193 g/mol. The minimum Gasteiger partial charge on any atom is -0.466 e. The maximum Gasteiger partial charge on any atom is 0.330 e. The molecule has 4 heteroatoms. The zero-order valence-electron chi connectivity index (χ0n) is 7.66. The molecular formula is C8H16ClNO2. The van der Waals surface area contributed by atoms with Crippen LogP contribution in [0.5, 0.6) is 0 Å². The Labute approximate surface area is 79.4 Å². The molecule has 0 rings (SSSR count). The zero-order chi connectivity index (χ0) is 8.91. The first-order chi connectivity index (χ1) is 4.95. The number of carbonyl (C=O) groups excluding carboxylic acids is 1. The van der Waals surface area contributed by atoms with Crippen molar-refractivity contribution in [2.45, 2.75) is 25.8 Å². The smallest absolute Gasteiger partial charge is 0.330 e. The van der Waals surface area contributed by atoms with Gasteiger partial charge in [-0.3, -0.25) is 0 Å². The van der Waals surface area contributed by atoms with Gasteiger partial charge in [0.05, 0.1) is 7.11 Å². The fraction of sp³-hybridized carbons (Fsp3) is 0.625. The summed E-state index contributed by atoms with van der Waals surface area (Å²) in [6.07, 6.45) is 3.77. The third kappa shape index (κ3) is 9.46. The number of esters is 1. The van der Waals surface area contributed by atoms with Gasteiger partial charge in [-0.15, -0.1) is 12.4 Å². The molecule has 0 amide bonds. The molecule has 0 aromatic rings. The minimum absolute atomic E-state index is 0. The van der Waals surface area contributed by atoms with Gasteiger partial charge in [0.1, 0.15) is 0 Å². The number of rotatable bonds is 3. The zero-order valence-corrected chi connectivity index (χ0v) is 8.48. The second kappa shape index (κ2) is 6.03. The van der Waals surface area contributed by atoms with E-state index < -0.39 is 0 Å². The summed E-state index contributed by atoms with van der Waals surface area (Å²) in [5.74, 6) is -0.339. The third-order valence-corrected chi connectivity index (χ3v) is 1.10. The topological polar surface area (TPSA) is 52.3 Å². The van der Waals surface area contributed by atoms with Crippen molar-refractivity contribution in [3.05, 3.63) is 12.2 Å². The summed E-state index contributed by atoms with van der Waals surface area (Å²) < 4.78 is 4.40. The first-order valence-electron chi connectivity index (χ1n) is 3.49.